The maximum atomic E-state index is 12.0. The fourth-order valence-electron chi connectivity index (χ4n) is 2.05. The molecule has 0 saturated heterocycles. The Hall–Kier alpha value is -1.72. The van der Waals surface area contributed by atoms with Crippen LogP contribution in [-0.4, -0.2) is 54.8 Å². The molecule has 0 spiro atoms. The van der Waals surface area contributed by atoms with Crippen molar-refractivity contribution in [1.29, 1.82) is 0 Å². The lowest BCUT2D eigenvalue weighted by Gasteiger charge is -2.19. The lowest BCUT2D eigenvalue weighted by molar-refractivity contribution is 0.0642. The monoisotopic (exact) mass is 247 g/mol. The molecule has 2 rings (SSSR count). The van der Waals surface area contributed by atoms with E-state index in [0.717, 1.165) is 6.54 Å². The Morgan fingerprint density at radius 3 is 2.17 bits per heavy atom. The molecule has 2 N–H and O–H groups in total. The number of amides is 2. The van der Waals surface area contributed by atoms with Gasteiger partial charge >= 0.3 is 0 Å². The van der Waals surface area contributed by atoms with E-state index in [9.17, 15) is 9.59 Å². The first kappa shape index (κ1) is 12.7. The van der Waals surface area contributed by atoms with E-state index in [1.165, 1.54) is 4.90 Å². The van der Waals surface area contributed by atoms with Crippen LogP contribution in [0.15, 0.2) is 24.3 Å². The van der Waals surface area contributed by atoms with Gasteiger partial charge in [-0.2, -0.15) is 0 Å². The predicted molar refractivity (Wildman–Crippen MR) is 68.4 cm³/mol. The first-order valence-corrected chi connectivity index (χ1v) is 5.99. The van der Waals surface area contributed by atoms with Crippen LogP contribution >= 0.6 is 0 Å². The zero-order valence-corrected chi connectivity index (χ0v) is 10.4. The van der Waals surface area contributed by atoms with Crippen LogP contribution in [0.1, 0.15) is 20.7 Å². The maximum absolute atomic E-state index is 12.0. The van der Waals surface area contributed by atoms with Crippen LogP contribution in [-0.2, 0) is 0 Å². The molecule has 2 amide bonds. The number of rotatable bonds is 5. The molecule has 0 bridgehead atoms. The Kier molecular flexibility index (Phi) is 3.74. The van der Waals surface area contributed by atoms with Gasteiger partial charge < -0.3 is 10.6 Å². The highest BCUT2D eigenvalue weighted by Gasteiger charge is 2.34. The summed E-state index contributed by atoms with van der Waals surface area (Å²) >= 11 is 0. The molecular formula is C13H17N3O2. The third-order valence-electron chi connectivity index (χ3n) is 3.09. The molecule has 0 fully saturated rings. The largest absolute Gasteiger partial charge is 0.329 e. The zero-order valence-electron chi connectivity index (χ0n) is 10.4. The SMILES string of the molecule is CN(CCN)CCN1C(=O)c2ccccc2C1=O. The zero-order chi connectivity index (χ0) is 13.1. The molecule has 0 radical (unpaired) electrons. The van der Waals surface area contributed by atoms with Crippen molar-refractivity contribution < 1.29 is 9.59 Å². The fourth-order valence-corrected chi connectivity index (χ4v) is 2.05. The highest BCUT2D eigenvalue weighted by atomic mass is 16.2. The molecule has 5 nitrogen and oxygen atoms in total. The summed E-state index contributed by atoms with van der Waals surface area (Å²) in [6, 6.07) is 6.93. The number of benzene rings is 1. The van der Waals surface area contributed by atoms with Crippen LogP contribution in [0.5, 0.6) is 0 Å². The Labute approximate surface area is 106 Å². The van der Waals surface area contributed by atoms with Gasteiger partial charge in [0.1, 0.15) is 0 Å². The quantitative estimate of drug-likeness (QED) is 0.753. The molecule has 5 heteroatoms. The average Bonchev–Trinajstić information content (AvgIpc) is 2.61. The lowest BCUT2D eigenvalue weighted by atomic mass is 10.1. The first-order chi connectivity index (χ1) is 8.65. The van der Waals surface area contributed by atoms with Crippen molar-refractivity contribution in [2.75, 3.05) is 33.2 Å². The summed E-state index contributed by atoms with van der Waals surface area (Å²) in [4.78, 5) is 27.4. The molecule has 1 aromatic carbocycles. The molecule has 96 valence electrons. The van der Waals surface area contributed by atoms with Crippen LogP contribution in [0.4, 0.5) is 0 Å². The molecule has 0 unspecified atom stereocenters. The summed E-state index contributed by atoms with van der Waals surface area (Å²) in [5.41, 5.74) is 6.45. The number of hydrogen-bond acceptors (Lipinski definition) is 4. The molecule has 0 atom stereocenters. The van der Waals surface area contributed by atoms with E-state index in [0.29, 0.717) is 30.8 Å². The van der Waals surface area contributed by atoms with Gasteiger partial charge in [-0.25, -0.2) is 0 Å². The summed E-state index contributed by atoms with van der Waals surface area (Å²) in [5, 5.41) is 0. The van der Waals surface area contributed by atoms with Crippen LogP contribution in [0.2, 0.25) is 0 Å². The lowest BCUT2D eigenvalue weighted by Crippen LogP contribution is -2.38. The molecule has 0 saturated carbocycles. The van der Waals surface area contributed by atoms with E-state index in [2.05, 4.69) is 0 Å². The van der Waals surface area contributed by atoms with E-state index in [1.807, 2.05) is 11.9 Å². The van der Waals surface area contributed by atoms with Gasteiger partial charge in [-0.1, -0.05) is 12.1 Å². The fraction of sp³-hybridized carbons (Fsp3) is 0.385. The standard InChI is InChI=1S/C13H17N3O2/c1-15(7-6-14)8-9-16-12(17)10-4-2-3-5-11(10)13(16)18/h2-5H,6-9,14H2,1H3. The van der Waals surface area contributed by atoms with Crippen molar-refractivity contribution in [3.8, 4) is 0 Å². The van der Waals surface area contributed by atoms with Gasteiger partial charge in [0, 0.05) is 26.2 Å². The highest BCUT2D eigenvalue weighted by Crippen LogP contribution is 2.21. The number of carbonyl (C=O) groups is 2. The third-order valence-corrected chi connectivity index (χ3v) is 3.09. The van der Waals surface area contributed by atoms with Crippen molar-refractivity contribution in [3.05, 3.63) is 35.4 Å². The van der Waals surface area contributed by atoms with Crippen molar-refractivity contribution in [2.45, 2.75) is 0 Å². The molecule has 1 heterocycles. The summed E-state index contributed by atoms with van der Waals surface area (Å²) < 4.78 is 0. The summed E-state index contributed by atoms with van der Waals surface area (Å²) in [6.45, 7) is 2.37. The topological polar surface area (TPSA) is 66.6 Å². The molecular weight excluding hydrogens is 230 g/mol. The normalized spacial score (nSPS) is 14.5. The average molecular weight is 247 g/mol. The second kappa shape index (κ2) is 5.29. The number of nitrogens with zero attached hydrogens (tertiary/aromatic N) is 2. The van der Waals surface area contributed by atoms with Crippen molar-refractivity contribution in [3.63, 3.8) is 0 Å². The molecule has 0 aromatic heterocycles. The molecule has 0 aliphatic carbocycles. The minimum atomic E-state index is -0.197. The maximum Gasteiger partial charge on any atom is 0.261 e. The Morgan fingerprint density at radius 2 is 1.67 bits per heavy atom. The van der Waals surface area contributed by atoms with E-state index in [4.69, 9.17) is 5.73 Å². The molecule has 1 aliphatic heterocycles. The van der Waals surface area contributed by atoms with Crippen LogP contribution < -0.4 is 5.73 Å². The van der Waals surface area contributed by atoms with Crippen molar-refractivity contribution in [2.24, 2.45) is 5.73 Å². The third kappa shape index (κ3) is 2.27. The number of imide groups is 1. The predicted octanol–water partition coefficient (Wildman–Crippen LogP) is 0.173. The van der Waals surface area contributed by atoms with Crippen LogP contribution in [0.25, 0.3) is 0 Å². The van der Waals surface area contributed by atoms with Crippen LogP contribution in [0.3, 0.4) is 0 Å². The number of carbonyl (C=O) groups excluding carboxylic acids is 2. The number of hydrogen-bond donors (Lipinski definition) is 1. The van der Waals surface area contributed by atoms with E-state index >= 15 is 0 Å². The number of nitrogens with two attached hydrogens (primary N) is 1. The van der Waals surface area contributed by atoms with E-state index in [-0.39, 0.29) is 11.8 Å². The minimum absolute atomic E-state index is 0.197. The van der Waals surface area contributed by atoms with Gasteiger partial charge in [-0.3, -0.25) is 14.5 Å². The second-order valence-corrected chi connectivity index (χ2v) is 4.40. The van der Waals surface area contributed by atoms with Gasteiger partial charge in [-0.15, -0.1) is 0 Å². The summed E-state index contributed by atoms with van der Waals surface area (Å²) in [6.07, 6.45) is 0. The Morgan fingerprint density at radius 1 is 1.11 bits per heavy atom. The molecule has 1 aliphatic rings. The van der Waals surface area contributed by atoms with Crippen molar-refractivity contribution in [1.82, 2.24) is 9.80 Å². The van der Waals surface area contributed by atoms with Gasteiger partial charge in [0.25, 0.3) is 11.8 Å². The summed E-state index contributed by atoms with van der Waals surface area (Å²) in [7, 11) is 1.92. The van der Waals surface area contributed by atoms with Gasteiger partial charge in [-0.05, 0) is 19.2 Å². The smallest absolute Gasteiger partial charge is 0.261 e. The number of likely N-dealkylation sites (N-methyl/N-ethyl adjacent to an activating group) is 1. The van der Waals surface area contributed by atoms with E-state index < -0.39 is 0 Å². The Balaban J connectivity index is 2.05. The van der Waals surface area contributed by atoms with Gasteiger partial charge in [0.15, 0.2) is 0 Å². The first-order valence-electron chi connectivity index (χ1n) is 5.99. The van der Waals surface area contributed by atoms with Gasteiger partial charge in [0.05, 0.1) is 11.1 Å². The number of fused-ring (bicyclic) bond motifs is 1. The second-order valence-electron chi connectivity index (χ2n) is 4.40. The Bertz CT molecular complexity index is 438. The molecule has 18 heavy (non-hydrogen) atoms. The van der Waals surface area contributed by atoms with Gasteiger partial charge in [0.2, 0.25) is 0 Å². The summed E-state index contributed by atoms with van der Waals surface area (Å²) in [5.74, 6) is -0.395. The molecule has 1 aromatic rings. The van der Waals surface area contributed by atoms with Crippen molar-refractivity contribution >= 4 is 11.8 Å². The minimum Gasteiger partial charge on any atom is -0.329 e. The highest BCUT2D eigenvalue weighted by molar-refractivity contribution is 6.21. The van der Waals surface area contributed by atoms with E-state index in [1.54, 1.807) is 24.3 Å². The van der Waals surface area contributed by atoms with Crippen LogP contribution in [0, 0.1) is 0 Å².